The largest absolute Gasteiger partial charge is 0.242 e. The average Bonchev–Trinajstić information content (AvgIpc) is 2.52. The molecule has 27 heavy (non-hydrogen) atoms. The lowest BCUT2D eigenvalue weighted by Crippen LogP contribution is -2.32. The van der Waals surface area contributed by atoms with E-state index < -0.39 is 25.9 Å². The maximum atomic E-state index is 13.1. The van der Waals surface area contributed by atoms with Crippen LogP contribution in [0.4, 0.5) is 4.39 Å². The fourth-order valence-corrected chi connectivity index (χ4v) is 5.45. The van der Waals surface area contributed by atoms with Gasteiger partial charge in [-0.15, -0.1) is 0 Å². The van der Waals surface area contributed by atoms with Gasteiger partial charge in [0.15, 0.2) is 0 Å². The predicted molar refractivity (Wildman–Crippen MR) is 103 cm³/mol. The average molecular weight is 435 g/mol. The molecule has 0 heterocycles. The number of sulfonamides is 2. The summed E-state index contributed by atoms with van der Waals surface area (Å²) in [5.41, 5.74) is 0.979. The Hall–Kier alpha value is -1.52. The fourth-order valence-electron chi connectivity index (χ4n) is 2.42. The topological polar surface area (TPSA) is 92.3 Å². The molecule has 0 fully saturated rings. The van der Waals surface area contributed by atoms with E-state index in [0.29, 0.717) is 11.1 Å². The second-order valence-corrected chi connectivity index (χ2v) is 10.1. The molecule has 0 aliphatic heterocycles. The van der Waals surface area contributed by atoms with Crippen molar-refractivity contribution in [3.05, 3.63) is 64.4 Å². The van der Waals surface area contributed by atoms with Gasteiger partial charge in [-0.25, -0.2) is 30.7 Å². The first-order valence-corrected chi connectivity index (χ1v) is 11.5. The fraction of sp³-hybridized carbons (Fsp3) is 0.294. The van der Waals surface area contributed by atoms with Crippen molar-refractivity contribution in [2.45, 2.75) is 37.1 Å². The van der Waals surface area contributed by atoms with Gasteiger partial charge in [0, 0.05) is 12.6 Å². The summed E-state index contributed by atoms with van der Waals surface area (Å²) in [5.74, 6) is -0.924. The Morgan fingerprint density at radius 1 is 1.04 bits per heavy atom. The number of rotatable bonds is 8. The van der Waals surface area contributed by atoms with Gasteiger partial charge in [0.25, 0.3) is 0 Å². The summed E-state index contributed by atoms with van der Waals surface area (Å²) in [5, 5.41) is -0.237. The first kappa shape index (κ1) is 21.8. The van der Waals surface area contributed by atoms with E-state index in [4.69, 9.17) is 11.6 Å². The first-order chi connectivity index (χ1) is 12.5. The van der Waals surface area contributed by atoms with Crippen molar-refractivity contribution >= 4 is 31.6 Å². The Morgan fingerprint density at radius 2 is 1.67 bits per heavy atom. The molecule has 0 saturated carbocycles. The van der Waals surface area contributed by atoms with Gasteiger partial charge in [0.2, 0.25) is 20.0 Å². The maximum Gasteiger partial charge on any atom is 0.242 e. The van der Waals surface area contributed by atoms with Crippen LogP contribution < -0.4 is 9.44 Å². The van der Waals surface area contributed by atoms with Gasteiger partial charge < -0.3 is 0 Å². The summed E-state index contributed by atoms with van der Waals surface area (Å²) in [6.45, 7) is 3.29. The molecule has 0 spiro atoms. The highest BCUT2D eigenvalue weighted by molar-refractivity contribution is 7.89. The number of hydrogen-bond donors (Lipinski definition) is 2. The van der Waals surface area contributed by atoms with Crippen molar-refractivity contribution in [2.75, 3.05) is 0 Å². The lowest BCUT2D eigenvalue weighted by Gasteiger charge is -2.14. The van der Waals surface area contributed by atoms with E-state index in [1.807, 2.05) is 0 Å². The van der Waals surface area contributed by atoms with E-state index >= 15 is 0 Å². The van der Waals surface area contributed by atoms with Crippen LogP contribution in [0.1, 0.15) is 25.0 Å². The number of hydrogen-bond acceptors (Lipinski definition) is 4. The van der Waals surface area contributed by atoms with Crippen LogP contribution in [0.3, 0.4) is 0 Å². The maximum absolute atomic E-state index is 13.1. The highest BCUT2D eigenvalue weighted by Gasteiger charge is 2.20. The molecule has 0 aromatic heterocycles. The van der Waals surface area contributed by atoms with Crippen LogP contribution >= 0.6 is 11.6 Å². The van der Waals surface area contributed by atoms with Crippen molar-refractivity contribution < 1.29 is 21.2 Å². The summed E-state index contributed by atoms with van der Waals surface area (Å²) in [6.07, 6.45) is 0. The van der Waals surface area contributed by atoms with Gasteiger partial charge in [-0.3, -0.25) is 0 Å². The normalized spacial score (nSPS) is 12.5. The Morgan fingerprint density at radius 3 is 2.26 bits per heavy atom. The monoisotopic (exact) mass is 434 g/mol. The highest BCUT2D eigenvalue weighted by atomic mass is 35.5. The highest BCUT2D eigenvalue weighted by Crippen LogP contribution is 2.22. The van der Waals surface area contributed by atoms with Crippen LogP contribution in [0.15, 0.2) is 47.4 Å². The summed E-state index contributed by atoms with van der Waals surface area (Å²) in [6, 6.07) is 9.34. The molecule has 0 saturated heterocycles. The van der Waals surface area contributed by atoms with Crippen LogP contribution in [0, 0.1) is 5.82 Å². The summed E-state index contributed by atoms with van der Waals surface area (Å²) in [4.78, 5) is -0.253. The van der Waals surface area contributed by atoms with Gasteiger partial charge in [-0.05, 0) is 43.2 Å². The SMILES string of the molecule is CC(C)NS(=O)(=O)Cc1ccccc1CNS(=O)(=O)c1ccc(F)cc1Cl. The van der Waals surface area contributed by atoms with Gasteiger partial charge >= 0.3 is 0 Å². The number of nitrogens with one attached hydrogen (secondary N) is 2. The molecule has 2 aromatic carbocycles. The minimum atomic E-state index is -4.00. The van der Waals surface area contributed by atoms with Crippen LogP contribution in [-0.4, -0.2) is 22.9 Å². The molecule has 148 valence electrons. The smallest absolute Gasteiger partial charge is 0.212 e. The third-order valence-corrected chi connectivity index (χ3v) is 6.92. The van der Waals surface area contributed by atoms with Gasteiger partial charge in [0.1, 0.15) is 10.7 Å². The molecule has 0 atom stereocenters. The lowest BCUT2D eigenvalue weighted by atomic mass is 10.1. The van der Waals surface area contributed by atoms with E-state index in [9.17, 15) is 21.2 Å². The summed E-state index contributed by atoms with van der Waals surface area (Å²) in [7, 11) is -7.56. The van der Waals surface area contributed by atoms with Gasteiger partial charge in [0.05, 0.1) is 10.8 Å². The third-order valence-electron chi connectivity index (χ3n) is 3.52. The molecule has 0 bridgehead atoms. The zero-order valence-corrected chi connectivity index (χ0v) is 17.1. The molecule has 2 N–H and O–H groups in total. The quantitative estimate of drug-likeness (QED) is 0.668. The molecular formula is C17H20ClFN2O4S2. The standard InChI is InChI=1S/C17H20ClFN2O4S2/c1-12(2)21-26(22,23)11-14-6-4-3-5-13(14)10-20-27(24,25)17-8-7-15(19)9-16(17)18/h3-9,12,20-21H,10-11H2,1-2H3. The van der Waals surface area contributed by atoms with Crippen molar-refractivity contribution in [1.82, 2.24) is 9.44 Å². The molecule has 0 aliphatic rings. The third kappa shape index (κ3) is 6.25. The summed E-state index contributed by atoms with van der Waals surface area (Å²) >= 11 is 5.82. The molecule has 10 heteroatoms. The first-order valence-electron chi connectivity index (χ1n) is 8.02. The molecule has 2 rings (SSSR count). The second-order valence-electron chi connectivity index (χ2n) is 6.20. The molecule has 6 nitrogen and oxygen atoms in total. The van der Waals surface area contributed by atoms with Crippen molar-refractivity contribution in [3.8, 4) is 0 Å². The summed E-state index contributed by atoms with van der Waals surface area (Å²) < 4.78 is 67.2. The second kappa shape index (κ2) is 8.66. The molecule has 0 amide bonds. The van der Waals surface area contributed by atoms with Crippen LogP contribution in [0.25, 0.3) is 0 Å². The van der Waals surface area contributed by atoms with Gasteiger partial charge in [-0.2, -0.15) is 0 Å². The molecular weight excluding hydrogens is 415 g/mol. The Balaban J connectivity index is 2.21. The Kier molecular flexibility index (Phi) is 6.98. The predicted octanol–water partition coefficient (Wildman–Crippen LogP) is 2.79. The zero-order chi connectivity index (χ0) is 20.2. The molecule has 2 aromatic rings. The Bertz CT molecular complexity index is 1020. The van der Waals surface area contributed by atoms with Crippen LogP contribution in [0.5, 0.6) is 0 Å². The van der Waals surface area contributed by atoms with Crippen molar-refractivity contribution in [3.63, 3.8) is 0 Å². The molecule has 0 aliphatic carbocycles. The zero-order valence-electron chi connectivity index (χ0n) is 14.7. The van der Waals surface area contributed by atoms with Gasteiger partial charge in [-0.1, -0.05) is 35.9 Å². The van der Waals surface area contributed by atoms with E-state index in [0.717, 1.165) is 18.2 Å². The Labute approximate surface area is 163 Å². The minimum absolute atomic E-state index is 0.136. The molecule has 0 radical (unpaired) electrons. The minimum Gasteiger partial charge on any atom is -0.212 e. The number of benzene rings is 2. The van der Waals surface area contributed by atoms with E-state index in [1.165, 1.54) is 0 Å². The van der Waals surface area contributed by atoms with Crippen molar-refractivity contribution in [1.29, 1.82) is 0 Å². The van der Waals surface area contributed by atoms with E-state index in [2.05, 4.69) is 9.44 Å². The number of halogens is 2. The molecule has 0 unspecified atom stereocenters. The van der Waals surface area contributed by atoms with E-state index in [1.54, 1.807) is 38.1 Å². The van der Waals surface area contributed by atoms with Crippen LogP contribution in [-0.2, 0) is 32.3 Å². The van der Waals surface area contributed by atoms with Crippen LogP contribution in [0.2, 0.25) is 5.02 Å². The van der Waals surface area contributed by atoms with E-state index in [-0.39, 0.29) is 28.3 Å². The van der Waals surface area contributed by atoms with Crippen molar-refractivity contribution in [2.24, 2.45) is 0 Å². The lowest BCUT2D eigenvalue weighted by molar-refractivity contribution is 0.568.